The summed E-state index contributed by atoms with van der Waals surface area (Å²) in [6.45, 7) is 0. The van der Waals surface area contributed by atoms with Crippen LogP contribution < -0.4 is 10.5 Å². The van der Waals surface area contributed by atoms with Crippen LogP contribution in [0.5, 0.6) is 5.75 Å². The van der Waals surface area contributed by atoms with Crippen LogP contribution in [0, 0.1) is 0 Å². The van der Waals surface area contributed by atoms with Crippen molar-refractivity contribution in [2.45, 2.75) is 12.4 Å². The zero-order chi connectivity index (χ0) is 14.8. The van der Waals surface area contributed by atoms with Crippen LogP contribution in [0.4, 0.5) is 13.2 Å². The third-order valence-corrected chi connectivity index (χ3v) is 2.95. The fourth-order valence-electron chi connectivity index (χ4n) is 1.74. The van der Waals surface area contributed by atoms with Gasteiger partial charge in [-0.05, 0) is 35.4 Å². The first kappa shape index (κ1) is 14.7. The predicted octanol–water partition coefficient (Wildman–Crippen LogP) is 4.29. The maximum atomic E-state index is 12.0. The smallest absolute Gasteiger partial charge is 0.406 e. The highest BCUT2D eigenvalue weighted by Crippen LogP contribution is 2.26. The molecule has 0 aliphatic rings. The van der Waals surface area contributed by atoms with E-state index in [9.17, 15) is 13.2 Å². The highest BCUT2D eigenvalue weighted by molar-refractivity contribution is 6.30. The van der Waals surface area contributed by atoms with Crippen molar-refractivity contribution in [3.05, 3.63) is 64.7 Å². The van der Waals surface area contributed by atoms with Gasteiger partial charge in [0.2, 0.25) is 0 Å². The highest BCUT2D eigenvalue weighted by Gasteiger charge is 2.31. The van der Waals surface area contributed by atoms with Crippen LogP contribution in [-0.4, -0.2) is 6.36 Å². The number of alkyl halides is 3. The molecule has 0 spiro atoms. The predicted molar refractivity (Wildman–Crippen MR) is 70.6 cm³/mol. The molecule has 2 rings (SSSR count). The molecule has 2 aromatic rings. The van der Waals surface area contributed by atoms with Gasteiger partial charge >= 0.3 is 6.36 Å². The van der Waals surface area contributed by atoms with Crippen molar-refractivity contribution in [3.8, 4) is 5.75 Å². The molecule has 0 unspecified atom stereocenters. The van der Waals surface area contributed by atoms with Crippen molar-refractivity contribution in [3.63, 3.8) is 0 Å². The zero-order valence-electron chi connectivity index (χ0n) is 10.2. The normalized spacial score (nSPS) is 13.1. The molecule has 1 atom stereocenters. The van der Waals surface area contributed by atoms with Crippen LogP contribution in [-0.2, 0) is 0 Å². The van der Waals surface area contributed by atoms with E-state index >= 15 is 0 Å². The molecule has 0 bridgehead atoms. The summed E-state index contributed by atoms with van der Waals surface area (Å²) in [4.78, 5) is 0. The summed E-state index contributed by atoms with van der Waals surface area (Å²) in [6, 6.07) is 12.0. The van der Waals surface area contributed by atoms with E-state index < -0.39 is 12.4 Å². The second-order valence-corrected chi connectivity index (χ2v) is 4.58. The molecule has 2 nitrogen and oxygen atoms in total. The standard InChI is InChI=1S/C14H11ClF3NO/c15-11-5-1-9(2-6-11)13(19)10-3-7-12(8-4-10)20-14(16,17)18/h1-8,13H,19H2/t13-/m0/s1. The lowest BCUT2D eigenvalue weighted by Crippen LogP contribution is -2.17. The molecular formula is C14H11ClF3NO. The van der Waals surface area contributed by atoms with E-state index in [1.807, 2.05) is 0 Å². The van der Waals surface area contributed by atoms with Crippen LogP contribution in [0.2, 0.25) is 5.02 Å². The van der Waals surface area contributed by atoms with Gasteiger partial charge < -0.3 is 10.5 Å². The van der Waals surface area contributed by atoms with Gasteiger partial charge in [-0.2, -0.15) is 0 Å². The Balaban J connectivity index is 2.15. The van der Waals surface area contributed by atoms with Crippen molar-refractivity contribution in [2.24, 2.45) is 5.73 Å². The molecular weight excluding hydrogens is 291 g/mol. The van der Waals surface area contributed by atoms with E-state index in [1.165, 1.54) is 24.3 Å². The first-order chi connectivity index (χ1) is 9.35. The van der Waals surface area contributed by atoms with Gasteiger partial charge in [-0.1, -0.05) is 35.9 Å². The number of ether oxygens (including phenoxy) is 1. The van der Waals surface area contributed by atoms with Crippen molar-refractivity contribution >= 4 is 11.6 Å². The number of hydrogen-bond acceptors (Lipinski definition) is 2. The average molecular weight is 302 g/mol. The summed E-state index contributed by atoms with van der Waals surface area (Å²) in [5.41, 5.74) is 7.54. The van der Waals surface area contributed by atoms with Gasteiger partial charge in [0.15, 0.2) is 0 Å². The Hall–Kier alpha value is -1.72. The number of nitrogens with two attached hydrogens (primary N) is 1. The summed E-state index contributed by atoms with van der Waals surface area (Å²) in [7, 11) is 0. The van der Waals surface area contributed by atoms with Crippen molar-refractivity contribution in [2.75, 3.05) is 0 Å². The first-order valence-electron chi connectivity index (χ1n) is 5.72. The maximum Gasteiger partial charge on any atom is 0.573 e. The molecule has 0 amide bonds. The molecule has 0 aromatic heterocycles. The minimum atomic E-state index is -4.69. The minimum Gasteiger partial charge on any atom is -0.406 e. The highest BCUT2D eigenvalue weighted by atomic mass is 35.5. The molecule has 0 saturated heterocycles. The number of rotatable bonds is 3. The van der Waals surface area contributed by atoms with Crippen molar-refractivity contribution in [1.82, 2.24) is 0 Å². The summed E-state index contributed by atoms with van der Waals surface area (Å²) >= 11 is 5.78. The monoisotopic (exact) mass is 301 g/mol. The van der Waals surface area contributed by atoms with Gasteiger partial charge in [0, 0.05) is 5.02 Å². The molecule has 0 aliphatic carbocycles. The fourth-order valence-corrected chi connectivity index (χ4v) is 1.87. The molecule has 106 valence electrons. The number of halogens is 4. The van der Waals surface area contributed by atoms with E-state index in [-0.39, 0.29) is 5.75 Å². The third kappa shape index (κ3) is 3.88. The lowest BCUT2D eigenvalue weighted by Gasteiger charge is -2.14. The lowest BCUT2D eigenvalue weighted by molar-refractivity contribution is -0.274. The van der Waals surface area contributed by atoms with E-state index in [1.54, 1.807) is 24.3 Å². The van der Waals surface area contributed by atoms with Gasteiger partial charge in [-0.25, -0.2) is 0 Å². The largest absolute Gasteiger partial charge is 0.573 e. The molecule has 2 aromatic carbocycles. The summed E-state index contributed by atoms with van der Waals surface area (Å²) < 4.78 is 39.9. The number of hydrogen-bond donors (Lipinski definition) is 1. The quantitative estimate of drug-likeness (QED) is 0.918. The number of benzene rings is 2. The fraction of sp³-hybridized carbons (Fsp3) is 0.143. The SMILES string of the molecule is N[C@@H](c1ccc(Cl)cc1)c1ccc(OC(F)(F)F)cc1. The topological polar surface area (TPSA) is 35.2 Å². The Morgan fingerprint density at radius 3 is 1.80 bits per heavy atom. The van der Waals surface area contributed by atoms with Gasteiger partial charge in [0.25, 0.3) is 0 Å². The molecule has 0 aliphatic heterocycles. The second kappa shape index (κ2) is 5.73. The van der Waals surface area contributed by atoms with Crippen LogP contribution in [0.3, 0.4) is 0 Å². The Morgan fingerprint density at radius 2 is 1.35 bits per heavy atom. The molecule has 0 saturated carbocycles. The Bertz CT molecular complexity index is 566. The van der Waals surface area contributed by atoms with Crippen LogP contribution in [0.1, 0.15) is 17.2 Å². The van der Waals surface area contributed by atoms with Crippen LogP contribution in [0.25, 0.3) is 0 Å². The lowest BCUT2D eigenvalue weighted by atomic mass is 10.00. The molecule has 0 heterocycles. The van der Waals surface area contributed by atoms with Crippen molar-refractivity contribution in [1.29, 1.82) is 0 Å². The van der Waals surface area contributed by atoms with E-state index in [0.717, 1.165) is 5.56 Å². The molecule has 20 heavy (non-hydrogen) atoms. The van der Waals surface area contributed by atoms with Crippen LogP contribution in [0.15, 0.2) is 48.5 Å². The first-order valence-corrected chi connectivity index (χ1v) is 6.10. The van der Waals surface area contributed by atoms with Gasteiger partial charge in [0.1, 0.15) is 5.75 Å². The summed E-state index contributed by atoms with van der Waals surface area (Å²) in [6.07, 6.45) is -4.69. The Labute approximate surface area is 118 Å². The second-order valence-electron chi connectivity index (χ2n) is 4.15. The third-order valence-electron chi connectivity index (χ3n) is 2.70. The van der Waals surface area contributed by atoms with Gasteiger partial charge in [-0.3, -0.25) is 0 Å². The zero-order valence-corrected chi connectivity index (χ0v) is 10.9. The molecule has 6 heteroatoms. The summed E-state index contributed by atoms with van der Waals surface area (Å²) in [5, 5.41) is 0.592. The molecule has 0 fully saturated rings. The molecule has 0 radical (unpaired) electrons. The average Bonchev–Trinajstić information content (AvgIpc) is 2.38. The van der Waals surface area contributed by atoms with Crippen LogP contribution >= 0.6 is 11.6 Å². The maximum absolute atomic E-state index is 12.0. The Morgan fingerprint density at radius 1 is 0.900 bits per heavy atom. The van der Waals surface area contributed by atoms with E-state index in [0.29, 0.717) is 10.6 Å². The minimum absolute atomic E-state index is 0.274. The van der Waals surface area contributed by atoms with E-state index in [2.05, 4.69) is 4.74 Å². The van der Waals surface area contributed by atoms with Gasteiger partial charge in [-0.15, -0.1) is 13.2 Å². The summed E-state index contributed by atoms with van der Waals surface area (Å²) in [5.74, 6) is -0.274. The molecule has 2 N–H and O–H groups in total. The van der Waals surface area contributed by atoms with Gasteiger partial charge in [0.05, 0.1) is 6.04 Å². The Kier molecular flexibility index (Phi) is 4.20. The van der Waals surface area contributed by atoms with E-state index in [4.69, 9.17) is 17.3 Å². The van der Waals surface area contributed by atoms with Crippen molar-refractivity contribution < 1.29 is 17.9 Å².